The normalized spacial score (nSPS) is 21.6. The first-order valence-electron chi connectivity index (χ1n) is 13.5. The fourth-order valence-electron chi connectivity index (χ4n) is 5.78. The van der Waals surface area contributed by atoms with E-state index in [1.165, 1.54) is 5.56 Å². The second-order valence-electron chi connectivity index (χ2n) is 10.5. The van der Waals surface area contributed by atoms with Gasteiger partial charge in [0.15, 0.2) is 0 Å². The summed E-state index contributed by atoms with van der Waals surface area (Å²) in [5.74, 6) is 2.08. The van der Waals surface area contributed by atoms with E-state index in [4.69, 9.17) is 19.3 Å². The van der Waals surface area contributed by atoms with Crippen LogP contribution in [0.1, 0.15) is 53.9 Å². The molecule has 0 saturated carbocycles. The molecule has 3 aliphatic rings. The summed E-state index contributed by atoms with van der Waals surface area (Å²) in [4.78, 5) is 11.1. The van der Waals surface area contributed by atoms with Gasteiger partial charge in [0.05, 0.1) is 13.0 Å². The molecule has 2 heterocycles. The zero-order chi connectivity index (χ0) is 26.9. The summed E-state index contributed by atoms with van der Waals surface area (Å²) in [6, 6.07) is 15.1. The second-order valence-corrected chi connectivity index (χ2v) is 12.2. The minimum Gasteiger partial charge on any atom is -0.492 e. The lowest BCUT2D eigenvalue weighted by atomic mass is 9.94. The van der Waals surface area contributed by atoms with Gasteiger partial charge in [0.2, 0.25) is 0 Å². The van der Waals surface area contributed by atoms with Crippen LogP contribution in [0.3, 0.4) is 0 Å². The molecule has 0 aromatic heterocycles. The number of carbonyl (C=O) groups is 1. The van der Waals surface area contributed by atoms with Gasteiger partial charge in [0.25, 0.3) is 0 Å². The van der Waals surface area contributed by atoms with Crippen molar-refractivity contribution in [2.45, 2.75) is 57.2 Å². The highest BCUT2D eigenvalue weighted by molar-refractivity contribution is 7.85. The maximum atomic E-state index is 15.1. The molecule has 3 aromatic carbocycles. The monoisotopic (exact) mass is 550 g/mol. The third-order valence-corrected chi connectivity index (χ3v) is 9.23. The van der Waals surface area contributed by atoms with Crippen LogP contribution in [0.25, 0.3) is 11.1 Å². The smallest absolute Gasteiger partial charge is 0.304 e. The molecule has 1 N–H and O–H groups in total. The predicted octanol–water partition coefficient (Wildman–Crippen LogP) is 5.80. The lowest BCUT2D eigenvalue weighted by Crippen LogP contribution is -2.27. The predicted molar refractivity (Wildman–Crippen MR) is 147 cm³/mol. The summed E-state index contributed by atoms with van der Waals surface area (Å²) in [5, 5.41) is 9.11. The molecule has 0 radical (unpaired) electrons. The Kier molecular flexibility index (Phi) is 7.30. The van der Waals surface area contributed by atoms with Crippen molar-refractivity contribution in [3.8, 4) is 28.4 Å². The molecule has 0 spiro atoms. The zero-order valence-corrected chi connectivity index (χ0v) is 22.4. The van der Waals surface area contributed by atoms with Gasteiger partial charge in [-0.05, 0) is 84.7 Å². The van der Waals surface area contributed by atoms with Crippen LogP contribution >= 0.6 is 0 Å². The van der Waals surface area contributed by atoms with Crippen molar-refractivity contribution in [3.63, 3.8) is 0 Å². The third kappa shape index (κ3) is 5.66. The van der Waals surface area contributed by atoms with E-state index in [9.17, 15) is 9.00 Å². The van der Waals surface area contributed by atoms with Crippen molar-refractivity contribution in [2.75, 3.05) is 18.1 Å². The van der Waals surface area contributed by atoms with Crippen molar-refractivity contribution in [1.29, 1.82) is 0 Å². The third-order valence-electron chi connectivity index (χ3n) is 7.85. The van der Waals surface area contributed by atoms with E-state index in [1.54, 1.807) is 18.2 Å². The molecular formula is C31H31FO6S. The molecule has 1 atom stereocenters. The molecule has 204 valence electrons. The Bertz CT molecular complexity index is 1430. The standard InChI is InChI=1S/C31H31FO6S/c32-29-14-20-3-1-2-19-12-25(38-23-8-10-39(35)11-9-23)5-6-26(19)28(20)13-22(29)18-36-24-4-7-27-21(15-31(33)34)17-37-30(27)16-24/h4-7,12-14,16,21,23H,1-3,8-11,15,17-18H2,(H,33,34). The van der Waals surface area contributed by atoms with Gasteiger partial charge in [-0.3, -0.25) is 9.00 Å². The minimum absolute atomic E-state index is 0.0192. The van der Waals surface area contributed by atoms with Crippen LogP contribution in [0.4, 0.5) is 4.39 Å². The summed E-state index contributed by atoms with van der Waals surface area (Å²) in [6.07, 6.45) is 4.37. The molecule has 39 heavy (non-hydrogen) atoms. The van der Waals surface area contributed by atoms with Crippen LogP contribution in [0.15, 0.2) is 48.5 Å². The number of rotatable bonds is 7. The molecule has 0 amide bonds. The SMILES string of the molecule is O=C(O)CC1COc2cc(OCc3cc4c(cc3F)CCCc3cc(OC5CCS(=O)CC5)ccc3-4)ccc21. The van der Waals surface area contributed by atoms with Crippen LogP contribution in [0.2, 0.25) is 0 Å². The Labute approximate surface area is 229 Å². The van der Waals surface area contributed by atoms with E-state index in [0.29, 0.717) is 35.2 Å². The van der Waals surface area contributed by atoms with Gasteiger partial charge >= 0.3 is 5.97 Å². The van der Waals surface area contributed by atoms with Crippen molar-refractivity contribution >= 4 is 16.8 Å². The number of ether oxygens (including phenoxy) is 3. The lowest BCUT2D eigenvalue weighted by molar-refractivity contribution is -0.137. The fraction of sp³-hybridized carbons (Fsp3) is 0.387. The van der Waals surface area contributed by atoms with E-state index >= 15 is 4.39 Å². The first kappa shape index (κ1) is 25.9. The topological polar surface area (TPSA) is 82.1 Å². The van der Waals surface area contributed by atoms with Gasteiger partial charge in [-0.1, -0.05) is 12.1 Å². The Morgan fingerprint density at radius 3 is 2.56 bits per heavy atom. The molecule has 8 heteroatoms. The number of fused-ring (bicyclic) bond motifs is 4. The first-order chi connectivity index (χ1) is 18.9. The molecule has 6 rings (SSSR count). The summed E-state index contributed by atoms with van der Waals surface area (Å²) in [7, 11) is -0.717. The molecule has 1 saturated heterocycles. The van der Waals surface area contributed by atoms with Gasteiger partial charge in [-0.15, -0.1) is 0 Å². The van der Waals surface area contributed by atoms with Crippen LogP contribution in [0, 0.1) is 5.82 Å². The Balaban J connectivity index is 1.19. The lowest BCUT2D eigenvalue weighted by Gasteiger charge is -2.23. The van der Waals surface area contributed by atoms with Gasteiger partial charge < -0.3 is 19.3 Å². The summed E-state index contributed by atoms with van der Waals surface area (Å²) in [5.41, 5.74) is 5.64. The van der Waals surface area contributed by atoms with Gasteiger partial charge in [-0.25, -0.2) is 4.39 Å². The van der Waals surface area contributed by atoms with Gasteiger partial charge in [-0.2, -0.15) is 0 Å². The first-order valence-corrected chi connectivity index (χ1v) is 15.0. The number of benzene rings is 3. The molecule has 0 bridgehead atoms. The van der Waals surface area contributed by atoms with E-state index in [-0.39, 0.29) is 30.9 Å². The second kappa shape index (κ2) is 11.0. The Morgan fingerprint density at radius 1 is 1.00 bits per heavy atom. The number of halogens is 1. The van der Waals surface area contributed by atoms with Crippen molar-refractivity contribution in [3.05, 3.63) is 76.6 Å². The van der Waals surface area contributed by atoms with Crippen LogP contribution in [-0.4, -0.2) is 39.5 Å². The summed E-state index contributed by atoms with van der Waals surface area (Å²) in [6.45, 7) is 0.397. The van der Waals surface area contributed by atoms with E-state index in [2.05, 4.69) is 12.1 Å². The van der Waals surface area contributed by atoms with E-state index in [0.717, 1.165) is 60.1 Å². The quantitative estimate of drug-likeness (QED) is 0.400. The summed E-state index contributed by atoms with van der Waals surface area (Å²) < 4.78 is 44.7. The average molecular weight is 551 g/mol. The van der Waals surface area contributed by atoms with Crippen molar-refractivity contribution in [1.82, 2.24) is 0 Å². The van der Waals surface area contributed by atoms with Gasteiger partial charge in [0, 0.05) is 45.4 Å². The molecule has 2 aliphatic heterocycles. The van der Waals surface area contributed by atoms with Crippen LogP contribution in [0.5, 0.6) is 17.2 Å². The number of hydrogen-bond donors (Lipinski definition) is 1. The number of carboxylic acids is 1. The minimum atomic E-state index is -0.858. The van der Waals surface area contributed by atoms with E-state index in [1.807, 2.05) is 18.2 Å². The molecular weight excluding hydrogens is 519 g/mol. The van der Waals surface area contributed by atoms with Crippen LogP contribution < -0.4 is 14.2 Å². The number of hydrogen-bond acceptors (Lipinski definition) is 5. The Morgan fingerprint density at radius 2 is 1.77 bits per heavy atom. The highest BCUT2D eigenvalue weighted by atomic mass is 32.2. The highest BCUT2D eigenvalue weighted by Crippen LogP contribution is 2.39. The molecule has 6 nitrogen and oxygen atoms in total. The number of aryl methyl sites for hydroxylation is 2. The van der Waals surface area contributed by atoms with Crippen molar-refractivity contribution in [2.24, 2.45) is 0 Å². The molecule has 1 aliphatic carbocycles. The highest BCUT2D eigenvalue weighted by Gasteiger charge is 2.27. The Hall–Kier alpha value is -3.39. The largest absolute Gasteiger partial charge is 0.492 e. The summed E-state index contributed by atoms with van der Waals surface area (Å²) >= 11 is 0. The average Bonchev–Trinajstić information content (AvgIpc) is 3.22. The maximum Gasteiger partial charge on any atom is 0.304 e. The fourth-order valence-corrected chi connectivity index (χ4v) is 7.04. The van der Waals surface area contributed by atoms with E-state index < -0.39 is 16.8 Å². The maximum absolute atomic E-state index is 15.1. The molecule has 3 aromatic rings. The van der Waals surface area contributed by atoms with Crippen LogP contribution in [-0.2, 0) is 35.0 Å². The zero-order valence-electron chi connectivity index (χ0n) is 21.6. The number of aliphatic carboxylic acids is 1. The van der Waals surface area contributed by atoms with Crippen molar-refractivity contribution < 1.29 is 32.7 Å². The molecule has 1 fully saturated rings. The van der Waals surface area contributed by atoms with Gasteiger partial charge in [0.1, 0.15) is 35.8 Å². The number of carboxylic acid groups (broad SMARTS) is 1. The molecule has 1 unspecified atom stereocenters.